The van der Waals surface area contributed by atoms with E-state index in [1.165, 1.54) is 37.0 Å². The fourth-order valence-electron chi connectivity index (χ4n) is 1.37. The molecule has 3 heteroatoms. The summed E-state index contributed by atoms with van der Waals surface area (Å²) in [5.41, 5.74) is 2.36. The van der Waals surface area contributed by atoms with Crippen molar-refractivity contribution in [2.24, 2.45) is 0 Å². The lowest BCUT2D eigenvalue weighted by atomic mass is 10.1. The number of aromatic nitrogens is 1. The summed E-state index contributed by atoms with van der Waals surface area (Å²) in [5.74, 6) is 0.197. The van der Waals surface area contributed by atoms with Gasteiger partial charge in [-0.25, -0.2) is 4.98 Å². The van der Waals surface area contributed by atoms with Crippen LogP contribution in [0.4, 0.5) is 0 Å². The molecule has 0 atom stereocenters. The Morgan fingerprint density at radius 2 is 2.14 bits per heavy atom. The highest BCUT2D eigenvalue weighted by molar-refractivity contribution is 7.07. The molecular formula is C11H17NOS. The molecule has 2 nitrogen and oxygen atoms in total. The molecule has 0 spiro atoms. The van der Waals surface area contributed by atoms with E-state index in [1.54, 1.807) is 5.51 Å². The Kier molecular flexibility index (Phi) is 5.45. The fourth-order valence-corrected chi connectivity index (χ4v) is 1.92. The van der Waals surface area contributed by atoms with Crippen molar-refractivity contribution < 1.29 is 4.79 Å². The highest BCUT2D eigenvalue weighted by Gasteiger charge is 2.06. The molecule has 78 valence electrons. The molecule has 0 unspecified atom stereocenters. The summed E-state index contributed by atoms with van der Waals surface area (Å²) in [7, 11) is 0. The lowest BCUT2D eigenvalue weighted by Crippen LogP contribution is -1.98. The average Bonchev–Trinajstić information content (AvgIpc) is 2.70. The molecule has 0 aliphatic carbocycles. The first kappa shape index (κ1) is 11.4. The number of carbonyl (C=O) groups excluding carboxylic acids is 1. The zero-order valence-corrected chi connectivity index (χ0v) is 9.48. The summed E-state index contributed by atoms with van der Waals surface area (Å²) >= 11 is 1.48. The van der Waals surface area contributed by atoms with Crippen LogP contribution in [0.5, 0.6) is 0 Å². The molecule has 0 N–H and O–H groups in total. The molecule has 0 fully saturated rings. The van der Waals surface area contributed by atoms with Gasteiger partial charge in [0.05, 0.1) is 5.51 Å². The smallest absolute Gasteiger partial charge is 0.182 e. The summed E-state index contributed by atoms with van der Waals surface area (Å²) in [5, 5.41) is 1.83. The Morgan fingerprint density at radius 1 is 1.36 bits per heavy atom. The van der Waals surface area contributed by atoms with Crippen molar-refractivity contribution in [3.63, 3.8) is 0 Å². The number of rotatable bonds is 7. The average molecular weight is 211 g/mol. The third-order valence-corrected chi connectivity index (χ3v) is 2.81. The molecule has 0 radical (unpaired) electrons. The van der Waals surface area contributed by atoms with Crippen LogP contribution in [0.2, 0.25) is 0 Å². The van der Waals surface area contributed by atoms with Gasteiger partial charge in [-0.05, 0) is 6.42 Å². The number of hydrogen-bond acceptors (Lipinski definition) is 3. The molecule has 1 rings (SSSR count). The molecule has 14 heavy (non-hydrogen) atoms. The Labute approximate surface area is 89.4 Å². The fraction of sp³-hybridized carbons (Fsp3) is 0.636. The number of hydrogen-bond donors (Lipinski definition) is 0. The Balaban J connectivity index is 2.10. The molecule has 1 heterocycles. The number of ketones is 1. The van der Waals surface area contributed by atoms with Gasteiger partial charge in [0.25, 0.3) is 0 Å². The quantitative estimate of drug-likeness (QED) is 0.508. The minimum Gasteiger partial charge on any atom is -0.292 e. The maximum Gasteiger partial charge on any atom is 0.182 e. The second-order valence-electron chi connectivity index (χ2n) is 3.46. The summed E-state index contributed by atoms with van der Waals surface area (Å²) in [4.78, 5) is 15.5. The van der Waals surface area contributed by atoms with Crippen molar-refractivity contribution in [1.82, 2.24) is 4.98 Å². The van der Waals surface area contributed by atoms with Gasteiger partial charge >= 0.3 is 0 Å². The first-order valence-electron chi connectivity index (χ1n) is 5.26. The summed E-state index contributed by atoms with van der Waals surface area (Å²) < 4.78 is 0. The molecule has 0 amide bonds. The van der Waals surface area contributed by atoms with Gasteiger partial charge in [0.1, 0.15) is 5.69 Å². The molecule has 0 saturated heterocycles. The Bertz CT molecular complexity index is 256. The third kappa shape index (κ3) is 4.01. The molecule has 0 aromatic carbocycles. The van der Waals surface area contributed by atoms with Gasteiger partial charge in [-0.15, -0.1) is 11.3 Å². The van der Waals surface area contributed by atoms with Crippen LogP contribution >= 0.6 is 11.3 Å². The molecule has 0 saturated carbocycles. The highest BCUT2D eigenvalue weighted by Crippen LogP contribution is 2.10. The van der Waals surface area contributed by atoms with Crippen molar-refractivity contribution in [3.05, 3.63) is 16.6 Å². The lowest BCUT2D eigenvalue weighted by Gasteiger charge is -1.98. The van der Waals surface area contributed by atoms with Crippen LogP contribution in [-0.2, 0) is 0 Å². The minimum absolute atomic E-state index is 0.197. The minimum atomic E-state index is 0.197. The number of Topliss-reactive ketones (excluding diaryl/α,β-unsaturated/α-hetero) is 1. The lowest BCUT2D eigenvalue weighted by molar-refractivity contribution is 0.0975. The van der Waals surface area contributed by atoms with E-state index >= 15 is 0 Å². The van der Waals surface area contributed by atoms with Crippen LogP contribution in [0.25, 0.3) is 0 Å². The van der Waals surface area contributed by atoms with Gasteiger partial charge in [0.15, 0.2) is 5.78 Å². The van der Waals surface area contributed by atoms with Crippen LogP contribution in [0.1, 0.15) is 55.9 Å². The van der Waals surface area contributed by atoms with Crippen LogP contribution in [0.3, 0.4) is 0 Å². The standard InChI is InChI=1S/C11H17NOS/c1-2-3-4-5-6-7-11(13)10-8-14-9-12-10/h8-9H,2-7H2,1H3. The van der Waals surface area contributed by atoms with Gasteiger partial charge in [-0.2, -0.15) is 0 Å². The topological polar surface area (TPSA) is 30.0 Å². The Morgan fingerprint density at radius 3 is 2.79 bits per heavy atom. The highest BCUT2D eigenvalue weighted by atomic mass is 32.1. The van der Waals surface area contributed by atoms with Crippen LogP contribution in [0, 0.1) is 0 Å². The zero-order chi connectivity index (χ0) is 10.2. The number of carbonyl (C=O) groups is 1. The van der Waals surface area contributed by atoms with E-state index in [9.17, 15) is 4.79 Å². The van der Waals surface area contributed by atoms with E-state index in [0.29, 0.717) is 12.1 Å². The van der Waals surface area contributed by atoms with Gasteiger partial charge in [0, 0.05) is 11.8 Å². The largest absolute Gasteiger partial charge is 0.292 e. The monoisotopic (exact) mass is 211 g/mol. The molecular weight excluding hydrogens is 194 g/mol. The van der Waals surface area contributed by atoms with Crippen molar-refractivity contribution in [1.29, 1.82) is 0 Å². The predicted octanol–water partition coefficient (Wildman–Crippen LogP) is 3.69. The van der Waals surface area contributed by atoms with Crippen molar-refractivity contribution in [2.75, 3.05) is 0 Å². The van der Waals surface area contributed by atoms with Crippen molar-refractivity contribution in [2.45, 2.75) is 45.4 Å². The maximum atomic E-state index is 11.5. The van der Waals surface area contributed by atoms with E-state index < -0.39 is 0 Å². The second kappa shape index (κ2) is 6.71. The van der Waals surface area contributed by atoms with Gasteiger partial charge in [0.2, 0.25) is 0 Å². The second-order valence-corrected chi connectivity index (χ2v) is 4.18. The molecule has 0 bridgehead atoms. The maximum absolute atomic E-state index is 11.5. The SMILES string of the molecule is CCCCCCCC(=O)c1cscn1. The molecule has 1 aromatic rings. The Hall–Kier alpha value is -0.700. The van der Waals surface area contributed by atoms with Crippen molar-refractivity contribution >= 4 is 17.1 Å². The first-order valence-corrected chi connectivity index (χ1v) is 6.20. The van der Waals surface area contributed by atoms with E-state index in [4.69, 9.17) is 0 Å². The normalized spacial score (nSPS) is 10.4. The predicted molar refractivity (Wildman–Crippen MR) is 59.8 cm³/mol. The summed E-state index contributed by atoms with van der Waals surface area (Å²) in [6, 6.07) is 0. The number of nitrogens with zero attached hydrogens (tertiary/aromatic N) is 1. The zero-order valence-electron chi connectivity index (χ0n) is 8.66. The van der Waals surface area contributed by atoms with Crippen LogP contribution < -0.4 is 0 Å². The molecule has 0 aliphatic heterocycles. The summed E-state index contributed by atoms with van der Waals surface area (Å²) in [6.07, 6.45) is 6.62. The van der Waals surface area contributed by atoms with Crippen LogP contribution in [-0.4, -0.2) is 10.8 Å². The van der Waals surface area contributed by atoms with E-state index in [2.05, 4.69) is 11.9 Å². The van der Waals surface area contributed by atoms with E-state index in [-0.39, 0.29) is 5.78 Å². The van der Waals surface area contributed by atoms with Gasteiger partial charge in [-0.1, -0.05) is 32.6 Å². The van der Waals surface area contributed by atoms with Crippen molar-refractivity contribution in [3.8, 4) is 0 Å². The van der Waals surface area contributed by atoms with Crippen LogP contribution in [0.15, 0.2) is 10.9 Å². The van der Waals surface area contributed by atoms with Gasteiger partial charge in [-0.3, -0.25) is 4.79 Å². The third-order valence-electron chi connectivity index (χ3n) is 2.23. The molecule has 1 aromatic heterocycles. The first-order chi connectivity index (χ1) is 6.84. The molecule has 0 aliphatic rings. The number of thiazole rings is 1. The van der Waals surface area contributed by atoms with E-state index in [0.717, 1.165) is 6.42 Å². The van der Waals surface area contributed by atoms with E-state index in [1.807, 2.05) is 5.38 Å². The van der Waals surface area contributed by atoms with Gasteiger partial charge < -0.3 is 0 Å². The number of unbranched alkanes of at least 4 members (excludes halogenated alkanes) is 4. The summed E-state index contributed by atoms with van der Waals surface area (Å²) in [6.45, 7) is 2.19.